The zero-order valence-corrected chi connectivity index (χ0v) is 16.1. The number of rotatable bonds is 4. The summed E-state index contributed by atoms with van der Waals surface area (Å²) in [5.74, 6) is 0.514. The van der Waals surface area contributed by atoms with Gasteiger partial charge in [-0.25, -0.2) is 4.79 Å². The summed E-state index contributed by atoms with van der Waals surface area (Å²) in [6.45, 7) is 0.1000. The Kier molecular flexibility index (Phi) is 4.47. The Morgan fingerprint density at radius 2 is 1.97 bits per heavy atom. The highest BCUT2D eigenvalue weighted by Gasteiger charge is 2.18. The van der Waals surface area contributed by atoms with Crippen molar-refractivity contribution in [1.29, 1.82) is 0 Å². The van der Waals surface area contributed by atoms with E-state index in [1.165, 1.54) is 0 Å². The minimum Gasteiger partial charge on any atom is -0.454 e. The number of nitrogens with zero attached hydrogens (tertiary/aromatic N) is 2. The van der Waals surface area contributed by atoms with Crippen molar-refractivity contribution in [2.75, 3.05) is 12.1 Å². The van der Waals surface area contributed by atoms with Gasteiger partial charge in [-0.3, -0.25) is 19.1 Å². The lowest BCUT2D eigenvalue weighted by Crippen LogP contribution is -2.39. The maximum atomic E-state index is 12.9. The van der Waals surface area contributed by atoms with Crippen LogP contribution >= 0.6 is 0 Å². The van der Waals surface area contributed by atoms with Crippen molar-refractivity contribution in [3.63, 3.8) is 0 Å². The van der Waals surface area contributed by atoms with Crippen molar-refractivity contribution in [2.45, 2.75) is 6.54 Å². The van der Waals surface area contributed by atoms with Gasteiger partial charge < -0.3 is 19.8 Å². The monoisotopic (exact) mass is 416 g/mol. The molecule has 3 heterocycles. The summed E-state index contributed by atoms with van der Waals surface area (Å²) in [5.41, 5.74) is 0.395. The highest BCUT2D eigenvalue weighted by atomic mass is 16.7. The van der Waals surface area contributed by atoms with E-state index in [2.05, 4.69) is 15.3 Å². The third-order valence-corrected chi connectivity index (χ3v) is 4.98. The number of fused-ring (bicyclic) bond motifs is 2. The Bertz CT molecular complexity index is 1430. The van der Waals surface area contributed by atoms with E-state index in [0.717, 1.165) is 16.2 Å². The van der Waals surface area contributed by atoms with Crippen LogP contribution in [0.3, 0.4) is 0 Å². The van der Waals surface area contributed by atoms with E-state index < -0.39 is 17.2 Å². The van der Waals surface area contributed by atoms with Crippen LogP contribution in [-0.4, -0.2) is 27.2 Å². The largest absolute Gasteiger partial charge is 0.454 e. The zero-order chi connectivity index (χ0) is 21.4. The second-order valence-electron chi connectivity index (χ2n) is 6.92. The minimum atomic E-state index is -0.697. The van der Waals surface area contributed by atoms with Crippen LogP contribution in [0.25, 0.3) is 10.9 Å². The van der Waals surface area contributed by atoms with E-state index >= 15 is 0 Å². The minimum absolute atomic E-state index is 0.0237. The van der Waals surface area contributed by atoms with Crippen molar-refractivity contribution >= 4 is 22.5 Å². The number of pyridine rings is 1. The molecule has 2 N–H and O–H groups in total. The number of aromatic nitrogens is 3. The average Bonchev–Trinajstić information content (AvgIpc) is 3.25. The number of ether oxygens (including phenoxy) is 2. The van der Waals surface area contributed by atoms with Crippen LogP contribution < -0.4 is 26.0 Å². The predicted octanol–water partition coefficient (Wildman–Crippen LogP) is 2.11. The standard InChI is InChI=1S/C22H16N4O5/c27-20(25-17-5-1-4-16-14(17)3-2-8-23-16)15-10-24-22(29)26(21(15)28)11-13-6-7-18-19(9-13)31-12-30-18/h1-10H,11-12H2,(H,24,29)(H,25,27). The molecule has 0 aliphatic carbocycles. The number of carbonyl (C=O) groups is 1. The third kappa shape index (κ3) is 3.42. The molecular formula is C22H16N4O5. The molecule has 0 unspecified atom stereocenters. The molecule has 9 nitrogen and oxygen atoms in total. The molecule has 1 aliphatic heterocycles. The van der Waals surface area contributed by atoms with Crippen molar-refractivity contribution in [3.05, 3.63) is 92.9 Å². The van der Waals surface area contributed by atoms with Gasteiger partial charge in [0.25, 0.3) is 11.5 Å². The van der Waals surface area contributed by atoms with Crippen LogP contribution in [0.5, 0.6) is 11.5 Å². The number of benzene rings is 2. The topological polar surface area (TPSA) is 115 Å². The molecule has 0 spiro atoms. The summed E-state index contributed by atoms with van der Waals surface area (Å²) in [7, 11) is 0. The molecule has 0 fully saturated rings. The van der Waals surface area contributed by atoms with Crippen molar-refractivity contribution in [1.82, 2.24) is 14.5 Å². The van der Waals surface area contributed by atoms with E-state index in [1.54, 1.807) is 42.6 Å². The lowest BCUT2D eigenvalue weighted by atomic mass is 10.1. The second kappa shape index (κ2) is 7.45. The lowest BCUT2D eigenvalue weighted by molar-refractivity contribution is 0.102. The molecule has 31 heavy (non-hydrogen) atoms. The fourth-order valence-corrected chi connectivity index (χ4v) is 3.44. The van der Waals surface area contributed by atoms with E-state index in [-0.39, 0.29) is 18.9 Å². The van der Waals surface area contributed by atoms with Gasteiger partial charge in [0, 0.05) is 17.8 Å². The summed E-state index contributed by atoms with van der Waals surface area (Å²) >= 11 is 0. The smallest absolute Gasteiger partial charge is 0.328 e. The van der Waals surface area contributed by atoms with Crippen molar-refractivity contribution in [2.24, 2.45) is 0 Å². The molecule has 0 saturated heterocycles. The number of nitrogens with one attached hydrogen (secondary N) is 2. The molecule has 5 rings (SSSR count). The van der Waals surface area contributed by atoms with Gasteiger partial charge in [-0.2, -0.15) is 0 Å². The SMILES string of the molecule is O=C(Nc1cccc2ncccc12)c1c[nH]c(=O)n(Cc2ccc3c(c2)OCO3)c1=O. The maximum Gasteiger partial charge on any atom is 0.328 e. The number of carbonyl (C=O) groups excluding carboxylic acids is 1. The Labute approximate surface area is 174 Å². The van der Waals surface area contributed by atoms with E-state index in [1.807, 2.05) is 12.1 Å². The molecule has 2 aromatic heterocycles. The zero-order valence-electron chi connectivity index (χ0n) is 16.1. The quantitative estimate of drug-likeness (QED) is 0.527. The first kappa shape index (κ1) is 18.6. The number of anilines is 1. The highest BCUT2D eigenvalue weighted by Crippen LogP contribution is 2.32. The summed E-state index contributed by atoms with van der Waals surface area (Å²) in [4.78, 5) is 44.8. The normalized spacial score (nSPS) is 12.1. The van der Waals surface area contributed by atoms with Gasteiger partial charge in [-0.1, -0.05) is 12.1 Å². The summed E-state index contributed by atoms with van der Waals surface area (Å²) in [6.07, 6.45) is 2.78. The van der Waals surface area contributed by atoms with Gasteiger partial charge in [0.15, 0.2) is 11.5 Å². The molecule has 1 aliphatic rings. The Balaban J connectivity index is 1.47. The van der Waals surface area contributed by atoms with Crippen LogP contribution in [0, 0.1) is 0 Å². The van der Waals surface area contributed by atoms with Crippen molar-refractivity contribution in [3.8, 4) is 11.5 Å². The summed E-state index contributed by atoms with van der Waals surface area (Å²) < 4.78 is 11.6. The maximum absolute atomic E-state index is 12.9. The number of aromatic amines is 1. The Hall–Kier alpha value is -4.40. The molecule has 0 bridgehead atoms. The van der Waals surface area contributed by atoms with Gasteiger partial charge in [-0.05, 0) is 42.0 Å². The third-order valence-electron chi connectivity index (χ3n) is 4.98. The molecule has 4 aromatic rings. The van der Waals surface area contributed by atoms with Crippen LogP contribution in [0.4, 0.5) is 5.69 Å². The van der Waals surface area contributed by atoms with Gasteiger partial charge in [0.2, 0.25) is 6.79 Å². The van der Waals surface area contributed by atoms with Crippen molar-refractivity contribution < 1.29 is 14.3 Å². The van der Waals surface area contributed by atoms with E-state index in [9.17, 15) is 14.4 Å². The second-order valence-corrected chi connectivity index (χ2v) is 6.92. The molecule has 0 saturated carbocycles. The Morgan fingerprint density at radius 1 is 1.10 bits per heavy atom. The van der Waals surface area contributed by atoms with Gasteiger partial charge in [0.1, 0.15) is 5.56 Å². The molecular weight excluding hydrogens is 400 g/mol. The van der Waals surface area contributed by atoms with Crippen LogP contribution in [0.1, 0.15) is 15.9 Å². The van der Waals surface area contributed by atoms with Crippen LogP contribution in [0.2, 0.25) is 0 Å². The molecule has 2 aromatic carbocycles. The Morgan fingerprint density at radius 3 is 2.87 bits per heavy atom. The van der Waals surface area contributed by atoms with Crippen LogP contribution in [0.15, 0.2) is 70.5 Å². The van der Waals surface area contributed by atoms with Gasteiger partial charge >= 0.3 is 5.69 Å². The van der Waals surface area contributed by atoms with Crippen LogP contribution in [-0.2, 0) is 6.54 Å². The number of amides is 1. The summed E-state index contributed by atoms with van der Waals surface area (Å²) in [5, 5.41) is 3.48. The first-order valence-corrected chi connectivity index (χ1v) is 9.46. The predicted molar refractivity (Wildman–Crippen MR) is 113 cm³/mol. The number of H-pyrrole nitrogens is 1. The van der Waals surface area contributed by atoms with E-state index in [0.29, 0.717) is 28.3 Å². The highest BCUT2D eigenvalue weighted by molar-refractivity contribution is 6.08. The molecule has 9 heteroatoms. The van der Waals surface area contributed by atoms with Gasteiger partial charge in [-0.15, -0.1) is 0 Å². The van der Waals surface area contributed by atoms with E-state index in [4.69, 9.17) is 9.47 Å². The molecule has 0 atom stereocenters. The van der Waals surface area contributed by atoms with Gasteiger partial charge in [0.05, 0.1) is 17.7 Å². The molecule has 0 radical (unpaired) electrons. The first-order chi connectivity index (χ1) is 15.1. The summed E-state index contributed by atoms with van der Waals surface area (Å²) in [6, 6.07) is 14.0. The molecule has 154 valence electrons. The molecule has 1 amide bonds. The fourth-order valence-electron chi connectivity index (χ4n) is 3.44. The lowest BCUT2D eigenvalue weighted by Gasteiger charge is -2.10. The number of hydrogen-bond donors (Lipinski definition) is 2. The fraction of sp³-hybridized carbons (Fsp3) is 0.0909. The average molecular weight is 416 g/mol. The first-order valence-electron chi connectivity index (χ1n) is 9.46. The number of hydrogen-bond acceptors (Lipinski definition) is 6.